The third kappa shape index (κ3) is 4.68. The van der Waals surface area contributed by atoms with Crippen LogP contribution in [0.2, 0.25) is 5.02 Å². The highest BCUT2D eigenvalue weighted by Crippen LogP contribution is 2.21. The van der Waals surface area contributed by atoms with E-state index in [2.05, 4.69) is 10.2 Å². The van der Waals surface area contributed by atoms with E-state index in [0.29, 0.717) is 28.6 Å². The van der Waals surface area contributed by atoms with Crippen molar-refractivity contribution in [2.75, 3.05) is 5.73 Å². The Morgan fingerprint density at radius 2 is 1.86 bits per heavy atom. The van der Waals surface area contributed by atoms with E-state index in [9.17, 15) is 0 Å². The summed E-state index contributed by atoms with van der Waals surface area (Å²) in [5.41, 5.74) is 18.5. The Morgan fingerprint density at radius 3 is 2.55 bits per heavy atom. The SMILES string of the molecule is NC(N)=N/N=C/c1cc(N)ccc1OCc1ccc(Cl)cc1. The standard InChI is InChI=1S/C15H16ClN5O/c16-12-3-1-10(2-4-12)9-22-14-6-5-13(17)7-11(14)8-20-21-15(18)19/h1-8H,9,17H2,(H4,18,19,21)/b20-8+. The van der Waals surface area contributed by atoms with Crippen LogP contribution in [0, 0.1) is 0 Å². The van der Waals surface area contributed by atoms with E-state index in [-0.39, 0.29) is 5.96 Å². The molecular weight excluding hydrogens is 302 g/mol. The number of anilines is 1. The molecule has 2 rings (SSSR count). The number of hydrogen-bond acceptors (Lipinski definition) is 4. The molecule has 2 aromatic rings. The van der Waals surface area contributed by atoms with Crippen LogP contribution in [0.25, 0.3) is 0 Å². The highest BCUT2D eigenvalue weighted by atomic mass is 35.5. The summed E-state index contributed by atoms with van der Waals surface area (Å²) in [4.78, 5) is 0. The number of ether oxygens (including phenoxy) is 1. The van der Waals surface area contributed by atoms with Crippen LogP contribution in [-0.2, 0) is 6.61 Å². The Morgan fingerprint density at radius 1 is 1.14 bits per heavy atom. The third-order valence-corrected chi connectivity index (χ3v) is 2.96. The Kier molecular flexibility index (Phi) is 5.21. The summed E-state index contributed by atoms with van der Waals surface area (Å²) in [7, 11) is 0. The maximum atomic E-state index is 5.85. The predicted molar refractivity (Wildman–Crippen MR) is 90.0 cm³/mol. The zero-order chi connectivity index (χ0) is 15.9. The second-order valence-electron chi connectivity index (χ2n) is 4.48. The van der Waals surface area contributed by atoms with Crippen molar-refractivity contribution in [3.8, 4) is 5.75 Å². The van der Waals surface area contributed by atoms with E-state index in [1.165, 1.54) is 6.21 Å². The molecule has 0 amide bonds. The molecule has 6 nitrogen and oxygen atoms in total. The summed E-state index contributed by atoms with van der Waals surface area (Å²) in [6, 6.07) is 12.6. The molecule has 0 radical (unpaired) electrons. The number of hydrogen-bond donors (Lipinski definition) is 3. The van der Waals surface area contributed by atoms with Crippen molar-refractivity contribution >= 4 is 29.5 Å². The lowest BCUT2D eigenvalue weighted by atomic mass is 10.2. The van der Waals surface area contributed by atoms with Crippen LogP contribution in [0.5, 0.6) is 5.75 Å². The van der Waals surface area contributed by atoms with Crippen LogP contribution in [0.15, 0.2) is 52.7 Å². The molecule has 0 saturated carbocycles. The molecular formula is C15H16ClN5O. The molecule has 0 unspecified atom stereocenters. The summed E-state index contributed by atoms with van der Waals surface area (Å²) in [5.74, 6) is 0.502. The van der Waals surface area contributed by atoms with Gasteiger partial charge in [0.25, 0.3) is 0 Å². The molecule has 0 bridgehead atoms. The van der Waals surface area contributed by atoms with Gasteiger partial charge >= 0.3 is 0 Å². The molecule has 0 aliphatic heterocycles. The second kappa shape index (κ2) is 7.33. The Balaban J connectivity index is 2.14. The fourth-order valence-corrected chi connectivity index (χ4v) is 1.82. The third-order valence-electron chi connectivity index (χ3n) is 2.71. The number of halogens is 1. The molecule has 114 valence electrons. The van der Waals surface area contributed by atoms with Crippen molar-refractivity contribution in [1.29, 1.82) is 0 Å². The first-order valence-corrected chi connectivity index (χ1v) is 6.81. The number of nitrogen functional groups attached to an aromatic ring is 1. The fourth-order valence-electron chi connectivity index (χ4n) is 1.70. The van der Waals surface area contributed by atoms with Crippen LogP contribution >= 0.6 is 11.6 Å². The average molecular weight is 318 g/mol. The van der Waals surface area contributed by atoms with Gasteiger partial charge in [-0.15, -0.1) is 5.10 Å². The first kappa shape index (κ1) is 15.7. The minimum Gasteiger partial charge on any atom is -0.488 e. The lowest BCUT2D eigenvalue weighted by molar-refractivity contribution is 0.306. The van der Waals surface area contributed by atoms with E-state index in [0.717, 1.165) is 5.56 Å². The number of rotatable bonds is 5. The molecule has 0 aromatic heterocycles. The number of nitrogens with two attached hydrogens (primary N) is 3. The molecule has 7 heteroatoms. The van der Waals surface area contributed by atoms with Gasteiger partial charge in [-0.1, -0.05) is 23.7 Å². The average Bonchev–Trinajstić information content (AvgIpc) is 2.48. The van der Waals surface area contributed by atoms with Gasteiger partial charge in [-0.05, 0) is 35.9 Å². The van der Waals surface area contributed by atoms with Crippen molar-refractivity contribution < 1.29 is 4.74 Å². The minimum absolute atomic E-state index is 0.121. The van der Waals surface area contributed by atoms with Gasteiger partial charge in [-0.3, -0.25) is 0 Å². The zero-order valence-corrected chi connectivity index (χ0v) is 12.5. The lowest BCUT2D eigenvalue weighted by Gasteiger charge is -2.09. The van der Waals surface area contributed by atoms with Gasteiger partial charge in [0.2, 0.25) is 5.96 Å². The van der Waals surface area contributed by atoms with Crippen LogP contribution in [0.3, 0.4) is 0 Å². The van der Waals surface area contributed by atoms with Gasteiger partial charge in [-0.2, -0.15) is 5.10 Å². The first-order chi connectivity index (χ1) is 10.5. The van der Waals surface area contributed by atoms with E-state index >= 15 is 0 Å². The summed E-state index contributed by atoms with van der Waals surface area (Å²) in [6.07, 6.45) is 1.48. The maximum Gasteiger partial charge on any atom is 0.211 e. The largest absolute Gasteiger partial charge is 0.488 e. The van der Waals surface area contributed by atoms with Crippen molar-refractivity contribution in [1.82, 2.24) is 0 Å². The normalized spacial score (nSPS) is 10.6. The van der Waals surface area contributed by atoms with Gasteiger partial charge in [0, 0.05) is 16.3 Å². The Labute approximate surface area is 133 Å². The molecule has 2 aromatic carbocycles. The molecule has 6 N–H and O–H groups in total. The van der Waals surface area contributed by atoms with E-state index in [4.69, 9.17) is 33.5 Å². The minimum atomic E-state index is -0.121. The fraction of sp³-hybridized carbons (Fsp3) is 0.0667. The van der Waals surface area contributed by atoms with E-state index in [1.807, 2.05) is 24.3 Å². The van der Waals surface area contributed by atoms with E-state index < -0.39 is 0 Å². The van der Waals surface area contributed by atoms with Crippen molar-refractivity contribution in [3.63, 3.8) is 0 Å². The zero-order valence-electron chi connectivity index (χ0n) is 11.7. The van der Waals surface area contributed by atoms with E-state index in [1.54, 1.807) is 18.2 Å². The predicted octanol–water partition coefficient (Wildman–Crippen LogP) is 2.11. The van der Waals surface area contributed by atoms with Crippen molar-refractivity contribution in [2.24, 2.45) is 21.7 Å². The number of nitrogens with zero attached hydrogens (tertiary/aromatic N) is 2. The van der Waals surface area contributed by atoms with Crippen LogP contribution < -0.4 is 21.9 Å². The van der Waals surface area contributed by atoms with Crippen molar-refractivity contribution in [3.05, 3.63) is 58.6 Å². The van der Waals surface area contributed by atoms with Gasteiger partial charge in [-0.25, -0.2) is 0 Å². The first-order valence-electron chi connectivity index (χ1n) is 6.43. The Bertz CT molecular complexity index is 694. The highest BCUT2D eigenvalue weighted by molar-refractivity contribution is 6.30. The summed E-state index contributed by atoms with van der Waals surface area (Å²) in [5, 5.41) is 8.00. The Hall–Kier alpha value is -2.73. The second-order valence-corrected chi connectivity index (χ2v) is 4.92. The van der Waals surface area contributed by atoms with Crippen LogP contribution in [-0.4, -0.2) is 12.2 Å². The monoisotopic (exact) mass is 317 g/mol. The lowest BCUT2D eigenvalue weighted by Crippen LogP contribution is -2.21. The van der Waals surface area contributed by atoms with Crippen molar-refractivity contribution in [2.45, 2.75) is 6.61 Å². The smallest absolute Gasteiger partial charge is 0.211 e. The van der Waals surface area contributed by atoms with Crippen LogP contribution in [0.4, 0.5) is 5.69 Å². The summed E-state index contributed by atoms with van der Waals surface area (Å²) < 4.78 is 5.77. The van der Waals surface area contributed by atoms with Crippen LogP contribution in [0.1, 0.15) is 11.1 Å². The summed E-state index contributed by atoms with van der Waals surface area (Å²) >= 11 is 5.85. The van der Waals surface area contributed by atoms with Gasteiger partial charge in [0.15, 0.2) is 0 Å². The van der Waals surface area contributed by atoms with Gasteiger partial charge in [0.05, 0.1) is 6.21 Å². The molecule has 0 fully saturated rings. The quantitative estimate of drug-likeness (QED) is 0.339. The molecule has 0 saturated heterocycles. The molecule has 22 heavy (non-hydrogen) atoms. The summed E-state index contributed by atoms with van der Waals surface area (Å²) in [6.45, 7) is 0.393. The highest BCUT2D eigenvalue weighted by Gasteiger charge is 2.03. The topological polar surface area (TPSA) is 112 Å². The number of guanidine groups is 1. The molecule has 0 spiro atoms. The number of benzene rings is 2. The van der Waals surface area contributed by atoms with Gasteiger partial charge < -0.3 is 21.9 Å². The molecule has 0 atom stereocenters. The maximum absolute atomic E-state index is 5.85. The molecule has 0 aliphatic carbocycles. The molecule has 0 heterocycles. The molecule has 0 aliphatic rings. The van der Waals surface area contributed by atoms with Gasteiger partial charge in [0.1, 0.15) is 12.4 Å².